The molecule has 0 aliphatic heterocycles. The number of rotatable bonds is 8. The molecule has 1 N–H and O–H groups in total. The fourth-order valence-corrected chi connectivity index (χ4v) is 3.42. The zero-order valence-electron chi connectivity index (χ0n) is 14.3. The van der Waals surface area contributed by atoms with E-state index in [1.165, 1.54) is 18.4 Å². The van der Waals surface area contributed by atoms with Crippen molar-refractivity contribution in [3.63, 3.8) is 0 Å². The lowest BCUT2D eigenvalue weighted by Gasteiger charge is -2.15. The lowest BCUT2D eigenvalue weighted by atomic mass is 10.2. The van der Waals surface area contributed by atoms with E-state index in [1.807, 2.05) is 19.2 Å². The highest BCUT2D eigenvalue weighted by atomic mass is 79.9. The molecule has 0 bridgehead atoms. The molecule has 26 heavy (non-hydrogen) atoms. The van der Waals surface area contributed by atoms with Gasteiger partial charge >= 0.3 is 5.97 Å². The third-order valence-electron chi connectivity index (χ3n) is 3.00. The smallest absolute Gasteiger partial charge is 0.343 e. The van der Waals surface area contributed by atoms with E-state index in [0.29, 0.717) is 32.2 Å². The Balaban J connectivity index is 2.25. The average Bonchev–Trinajstić information content (AvgIpc) is 3.04. The number of carbonyl (C=O) groups excluding carboxylic acids is 1. The maximum atomic E-state index is 11.3. The largest absolute Gasteiger partial charge is 0.490 e. The summed E-state index contributed by atoms with van der Waals surface area (Å²) in [7, 11) is 1.30. The van der Waals surface area contributed by atoms with Crippen molar-refractivity contribution in [3.05, 3.63) is 31.6 Å². The summed E-state index contributed by atoms with van der Waals surface area (Å²) in [5.41, 5.74) is 4.57. The van der Waals surface area contributed by atoms with Gasteiger partial charge in [0.15, 0.2) is 18.1 Å². The van der Waals surface area contributed by atoms with Crippen LogP contribution in [0.1, 0.15) is 18.2 Å². The highest BCUT2D eigenvalue weighted by molar-refractivity contribution is 9.13. The van der Waals surface area contributed by atoms with Gasteiger partial charge in [-0.2, -0.15) is 5.10 Å². The third-order valence-corrected chi connectivity index (χ3v) is 6.01. The number of anilines is 1. The molecule has 0 fully saturated rings. The number of ether oxygens (including phenoxy) is 3. The van der Waals surface area contributed by atoms with Crippen LogP contribution in [-0.2, 0) is 9.53 Å². The molecule has 0 saturated heterocycles. The fraction of sp³-hybridized carbons (Fsp3) is 0.312. The van der Waals surface area contributed by atoms with Gasteiger partial charge in [0.1, 0.15) is 0 Å². The number of hydrogen-bond donors (Lipinski definition) is 1. The number of thiazole rings is 1. The van der Waals surface area contributed by atoms with Crippen LogP contribution in [0.4, 0.5) is 5.13 Å². The van der Waals surface area contributed by atoms with Crippen molar-refractivity contribution >= 4 is 60.5 Å². The van der Waals surface area contributed by atoms with Crippen LogP contribution in [0.5, 0.6) is 11.5 Å². The van der Waals surface area contributed by atoms with E-state index in [9.17, 15) is 4.79 Å². The number of nitrogens with zero attached hydrogens (tertiary/aromatic N) is 2. The predicted octanol–water partition coefficient (Wildman–Crippen LogP) is 4.37. The molecule has 0 aliphatic carbocycles. The Labute approximate surface area is 172 Å². The topological polar surface area (TPSA) is 82.0 Å². The molecular weight excluding hydrogens is 490 g/mol. The Morgan fingerprint density at radius 2 is 2.15 bits per heavy atom. The van der Waals surface area contributed by atoms with Gasteiger partial charge in [-0.05, 0) is 51.8 Å². The second-order valence-electron chi connectivity index (χ2n) is 4.88. The van der Waals surface area contributed by atoms with Crippen LogP contribution in [0, 0.1) is 6.92 Å². The number of halogens is 2. The first-order valence-corrected chi connectivity index (χ1v) is 9.98. The number of benzene rings is 1. The molecule has 10 heteroatoms. The van der Waals surface area contributed by atoms with Crippen LogP contribution in [0.2, 0.25) is 0 Å². The van der Waals surface area contributed by atoms with Crippen molar-refractivity contribution < 1.29 is 19.0 Å². The normalized spacial score (nSPS) is 10.8. The number of hydrogen-bond acceptors (Lipinski definition) is 8. The number of aryl methyl sites for hydroxylation is 1. The first-order valence-electron chi connectivity index (χ1n) is 7.51. The van der Waals surface area contributed by atoms with Crippen molar-refractivity contribution in [1.29, 1.82) is 0 Å². The van der Waals surface area contributed by atoms with Crippen LogP contribution in [0.3, 0.4) is 0 Å². The summed E-state index contributed by atoms with van der Waals surface area (Å²) < 4.78 is 17.1. The molecule has 0 aliphatic rings. The molecule has 2 aromatic rings. The van der Waals surface area contributed by atoms with E-state index < -0.39 is 5.97 Å². The number of nitrogens with one attached hydrogen (secondary N) is 1. The molecule has 0 amide bonds. The lowest BCUT2D eigenvalue weighted by Crippen LogP contribution is -2.13. The highest BCUT2D eigenvalue weighted by Crippen LogP contribution is 2.42. The third kappa shape index (κ3) is 5.42. The zero-order chi connectivity index (χ0) is 19.1. The lowest BCUT2D eigenvalue weighted by molar-refractivity contribution is -0.142. The van der Waals surface area contributed by atoms with Crippen LogP contribution in [0.25, 0.3) is 0 Å². The minimum Gasteiger partial charge on any atom is -0.490 e. The molecule has 0 radical (unpaired) electrons. The Kier molecular flexibility index (Phi) is 7.85. The number of aromatic nitrogens is 1. The molecule has 0 unspecified atom stereocenters. The van der Waals surface area contributed by atoms with Crippen molar-refractivity contribution in [1.82, 2.24) is 4.98 Å². The highest BCUT2D eigenvalue weighted by Gasteiger charge is 2.18. The summed E-state index contributed by atoms with van der Waals surface area (Å²) in [5.74, 6) is 0.409. The number of carbonyl (C=O) groups is 1. The second-order valence-corrected chi connectivity index (χ2v) is 7.33. The minimum atomic E-state index is -0.482. The van der Waals surface area contributed by atoms with Crippen molar-refractivity contribution in [2.75, 3.05) is 25.7 Å². The Morgan fingerprint density at radius 3 is 2.77 bits per heavy atom. The predicted molar refractivity (Wildman–Crippen MR) is 109 cm³/mol. The van der Waals surface area contributed by atoms with E-state index >= 15 is 0 Å². The first kappa shape index (κ1) is 20.7. The molecule has 7 nitrogen and oxygen atoms in total. The molecule has 0 atom stereocenters. The van der Waals surface area contributed by atoms with E-state index in [1.54, 1.807) is 12.3 Å². The summed E-state index contributed by atoms with van der Waals surface area (Å²) in [5, 5.41) is 6.84. The number of hydrazone groups is 1. The quantitative estimate of drug-likeness (QED) is 0.325. The van der Waals surface area contributed by atoms with Gasteiger partial charge in [0, 0.05) is 15.4 Å². The molecular formula is C16H17Br2N3O4S. The van der Waals surface area contributed by atoms with E-state index in [0.717, 1.165) is 11.3 Å². The van der Waals surface area contributed by atoms with E-state index in [2.05, 4.69) is 52.1 Å². The average molecular weight is 507 g/mol. The Hall–Kier alpha value is -1.65. The standard InChI is InChI=1S/C16H17Br2N3O4S/c1-4-24-11-5-10(6-19-21-16-20-9(2)8-26-16)13(17)14(18)15(11)25-7-12(22)23-3/h5-6,8H,4,7H2,1-3H3,(H,20,21). The van der Waals surface area contributed by atoms with E-state index in [-0.39, 0.29) is 6.61 Å². The minimum absolute atomic E-state index is 0.222. The summed E-state index contributed by atoms with van der Waals surface area (Å²) in [4.78, 5) is 15.6. The van der Waals surface area contributed by atoms with Gasteiger partial charge in [-0.1, -0.05) is 0 Å². The van der Waals surface area contributed by atoms with Gasteiger partial charge in [-0.25, -0.2) is 9.78 Å². The fourth-order valence-electron chi connectivity index (χ4n) is 1.85. The molecule has 1 aromatic heterocycles. The van der Waals surface area contributed by atoms with Crippen LogP contribution < -0.4 is 14.9 Å². The molecule has 140 valence electrons. The van der Waals surface area contributed by atoms with Gasteiger partial charge in [0.25, 0.3) is 0 Å². The summed E-state index contributed by atoms with van der Waals surface area (Å²) in [6.07, 6.45) is 1.64. The Morgan fingerprint density at radius 1 is 1.38 bits per heavy atom. The Bertz CT molecular complexity index is 811. The van der Waals surface area contributed by atoms with E-state index in [4.69, 9.17) is 9.47 Å². The zero-order valence-corrected chi connectivity index (χ0v) is 18.3. The van der Waals surface area contributed by atoms with Crippen molar-refractivity contribution in [2.24, 2.45) is 5.10 Å². The first-order chi connectivity index (χ1) is 12.5. The summed E-state index contributed by atoms with van der Waals surface area (Å²) in [6.45, 7) is 4.00. The monoisotopic (exact) mass is 505 g/mol. The maximum Gasteiger partial charge on any atom is 0.343 e. The SMILES string of the molecule is CCOc1cc(C=NNc2nc(C)cs2)c(Br)c(Br)c1OCC(=O)OC. The van der Waals surface area contributed by atoms with Gasteiger partial charge < -0.3 is 14.2 Å². The maximum absolute atomic E-state index is 11.3. The summed E-state index contributed by atoms with van der Waals surface area (Å²) in [6, 6.07) is 1.77. The van der Waals surface area contributed by atoms with Gasteiger partial charge in [-0.3, -0.25) is 5.43 Å². The second kappa shape index (κ2) is 9.89. The molecule has 1 heterocycles. The molecule has 0 saturated carbocycles. The molecule has 0 spiro atoms. The number of methoxy groups -OCH3 is 1. The molecule has 1 aromatic carbocycles. The van der Waals surface area contributed by atoms with Crippen LogP contribution >= 0.6 is 43.2 Å². The summed E-state index contributed by atoms with van der Waals surface area (Å²) >= 11 is 8.44. The van der Waals surface area contributed by atoms with Crippen molar-refractivity contribution in [2.45, 2.75) is 13.8 Å². The molecule has 2 rings (SSSR count). The van der Waals surface area contributed by atoms with Crippen molar-refractivity contribution in [3.8, 4) is 11.5 Å². The van der Waals surface area contributed by atoms with Gasteiger partial charge in [0.05, 0.1) is 30.1 Å². The van der Waals surface area contributed by atoms with Crippen LogP contribution in [0.15, 0.2) is 25.5 Å². The number of esters is 1. The van der Waals surface area contributed by atoms with Gasteiger partial charge in [0.2, 0.25) is 5.13 Å². The van der Waals surface area contributed by atoms with Crippen LogP contribution in [-0.4, -0.2) is 37.5 Å². The van der Waals surface area contributed by atoms with Gasteiger partial charge in [-0.15, -0.1) is 11.3 Å².